The molecule has 158 valence electrons. The summed E-state index contributed by atoms with van der Waals surface area (Å²) >= 11 is 5.80. The molecule has 4 rings (SSSR count). The van der Waals surface area contributed by atoms with Gasteiger partial charge in [0.05, 0.1) is 21.7 Å². The van der Waals surface area contributed by atoms with Crippen molar-refractivity contribution < 1.29 is 19.0 Å². The van der Waals surface area contributed by atoms with Gasteiger partial charge < -0.3 is 15.2 Å². The Bertz CT molecular complexity index is 1050. The Morgan fingerprint density at radius 1 is 1.10 bits per heavy atom. The second kappa shape index (κ2) is 7.40. The Kier molecular flexibility index (Phi) is 5.15. The van der Waals surface area contributed by atoms with E-state index in [-0.39, 0.29) is 22.3 Å². The highest BCUT2D eigenvalue weighted by Gasteiger charge is 2.50. The first-order valence-corrected chi connectivity index (χ1v) is 10.4. The fourth-order valence-electron chi connectivity index (χ4n) is 4.45. The van der Waals surface area contributed by atoms with Crippen LogP contribution in [0.15, 0.2) is 42.2 Å². The van der Waals surface area contributed by atoms with E-state index >= 15 is 0 Å². The second-order valence-corrected chi connectivity index (χ2v) is 8.98. The molecule has 1 heterocycles. The van der Waals surface area contributed by atoms with Crippen LogP contribution in [-0.4, -0.2) is 29.3 Å². The molecule has 2 N–H and O–H groups in total. The van der Waals surface area contributed by atoms with Gasteiger partial charge in [-0.1, -0.05) is 29.8 Å². The normalized spacial score (nSPS) is 26.4. The Hall–Kier alpha value is -2.37. The van der Waals surface area contributed by atoms with Crippen molar-refractivity contribution in [3.63, 3.8) is 0 Å². The van der Waals surface area contributed by atoms with Gasteiger partial charge in [-0.15, -0.1) is 0 Å². The van der Waals surface area contributed by atoms with E-state index in [0.717, 1.165) is 24.0 Å². The minimum atomic E-state index is -0.751. The number of hydrogen-bond donors (Lipinski definition) is 2. The monoisotopic (exact) mass is 429 g/mol. The maximum absolute atomic E-state index is 13.9. The van der Waals surface area contributed by atoms with E-state index in [4.69, 9.17) is 16.3 Å². The zero-order chi connectivity index (χ0) is 21.7. The van der Waals surface area contributed by atoms with Gasteiger partial charge in [-0.3, -0.25) is 4.79 Å². The maximum Gasteiger partial charge on any atom is 0.256 e. The van der Waals surface area contributed by atoms with Crippen molar-refractivity contribution in [1.82, 2.24) is 5.32 Å². The summed E-state index contributed by atoms with van der Waals surface area (Å²) in [4.78, 5) is 13.0. The summed E-state index contributed by atoms with van der Waals surface area (Å²) in [7, 11) is 1.70. The summed E-state index contributed by atoms with van der Waals surface area (Å²) in [6.45, 7) is 3.94. The van der Waals surface area contributed by atoms with Gasteiger partial charge in [0.15, 0.2) is 0 Å². The number of aliphatic hydroxyl groups is 1. The lowest BCUT2D eigenvalue weighted by Gasteiger charge is -2.42. The molecule has 1 aliphatic carbocycles. The van der Waals surface area contributed by atoms with Crippen molar-refractivity contribution in [2.45, 2.75) is 50.7 Å². The van der Waals surface area contributed by atoms with Crippen LogP contribution in [0.5, 0.6) is 0 Å². The molecule has 0 unspecified atom stereocenters. The van der Waals surface area contributed by atoms with Crippen molar-refractivity contribution in [1.29, 1.82) is 0 Å². The SMILES string of the molecule is CO[C@]1(C)CC[C@@]2(CC1)NC(=O)C(c1cc(-c3ccc(Cl)c(F)c3)ccc1C)=C2O. The number of rotatable bonds is 3. The minimum absolute atomic E-state index is 0.0592. The van der Waals surface area contributed by atoms with Crippen LogP contribution in [0.25, 0.3) is 16.7 Å². The van der Waals surface area contributed by atoms with Crippen molar-refractivity contribution in [3.8, 4) is 11.1 Å². The van der Waals surface area contributed by atoms with Crippen LogP contribution in [0.4, 0.5) is 4.39 Å². The fraction of sp³-hybridized carbons (Fsp3) is 0.375. The van der Waals surface area contributed by atoms with Gasteiger partial charge in [0, 0.05) is 7.11 Å². The number of halogens is 2. The van der Waals surface area contributed by atoms with E-state index in [0.29, 0.717) is 29.5 Å². The number of methoxy groups -OCH3 is 1. The van der Waals surface area contributed by atoms with Gasteiger partial charge in [0.1, 0.15) is 11.6 Å². The summed E-state index contributed by atoms with van der Waals surface area (Å²) in [6.07, 6.45) is 2.70. The largest absolute Gasteiger partial charge is 0.509 e. The molecule has 0 radical (unpaired) electrons. The summed E-state index contributed by atoms with van der Waals surface area (Å²) in [5.74, 6) is -0.691. The summed E-state index contributed by atoms with van der Waals surface area (Å²) < 4.78 is 19.6. The quantitative estimate of drug-likeness (QED) is 0.670. The predicted octanol–water partition coefficient (Wildman–Crippen LogP) is 5.57. The molecule has 0 aromatic heterocycles. The second-order valence-electron chi connectivity index (χ2n) is 8.57. The van der Waals surface area contributed by atoms with Gasteiger partial charge in [0.2, 0.25) is 0 Å². The van der Waals surface area contributed by atoms with Crippen LogP contribution in [0.1, 0.15) is 43.7 Å². The Morgan fingerprint density at radius 2 is 1.73 bits per heavy atom. The summed E-state index contributed by atoms with van der Waals surface area (Å²) in [6, 6.07) is 10.2. The zero-order valence-electron chi connectivity index (χ0n) is 17.3. The number of amides is 1. The Labute approximate surface area is 180 Å². The number of aryl methyl sites for hydroxylation is 1. The lowest BCUT2D eigenvalue weighted by atomic mass is 9.74. The van der Waals surface area contributed by atoms with Gasteiger partial charge in [-0.05, 0) is 80.0 Å². The van der Waals surface area contributed by atoms with Gasteiger partial charge in [0.25, 0.3) is 5.91 Å². The zero-order valence-corrected chi connectivity index (χ0v) is 18.1. The van der Waals surface area contributed by atoms with Crippen molar-refractivity contribution in [2.75, 3.05) is 7.11 Å². The fourth-order valence-corrected chi connectivity index (χ4v) is 4.57. The minimum Gasteiger partial charge on any atom is -0.509 e. The maximum atomic E-state index is 13.9. The average molecular weight is 430 g/mol. The van der Waals surface area contributed by atoms with E-state index < -0.39 is 11.4 Å². The molecular weight excluding hydrogens is 405 g/mol. The number of carbonyl (C=O) groups excluding carboxylic acids is 1. The van der Waals surface area contributed by atoms with Crippen LogP contribution >= 0.6 is 11.6 Å². The third-order valence-electron chi connectivity index (χ3n) is 6.68. The van der Waals surface area contributed by atoms with E-state index in [1.54, 1.807) is 13.2 Å². The first kappa shape index (κ1) is 20.9. The molecule has 1 fully saturated rings. The molecule has 1 aliphatic heterocycles. The molecule has 6 heteroatoms. The molecule has 2 aromatic carbocycles. The lowest BCUT2D eigenvalue weighted by Crippen LogP contribution is -2.51. The third kappa shape index (κ3) is 3.40. The van der Waals surface area contributed by atoms with Gasteiger partial charge >= 0.3 is 0 Å². The number of carbonyl (C=O) groups is 1. The van der Waals surface area contributed by atoms with Crippen LogP contribution < -0.4 is 5.32 Å². The summed E-state index contributed by atoms with van der Waals surface area (Å²) in [5.41, 5.74) is 2.21. The van der Waals surface area contributed by atoms with Crippen LogP contribution in [0, 0.1) is 12.7 Å². The molecule has 0 atom stereocenters. The number of aliphatic hydroxyl groups excluding tert-OH is 1. The first-order valence-electron chi connectivity index (χ1n) is 10.1. The number of ether oxygens (including phenoxy) is 1. The summed E-state index contributed by atoms with van der Waals surface area (Å²) in [5, 5.41) is 14.3. The smallest absolute Gasteiger partial charge is 0.256 e. The van der Waals surface area contributed by atoms with Gasteiger partial charge in [-0.2, -0.15) is 0 Å². The molecule has 1 amide bonds. The Morgan fingerprint density at radius 3 is 2.37 bits per heavy atom. The third-order valence-corrected chi connectivity index (χ3v) is 6.99. The number of hydrogen-bond acceptors (Lipinski definition) is 3. The average Bonchev–Trinajstić information content (AvgIpc) is 2.97. The first-order chi connectivity index (χ1) is 14.2. The van der Waals surface area contributed by atoms with Crippen LogP contribution in [-0.2, 0) is 9.53 Å². The molecule has 0 saturated heterocycles. The number of benzene rings is 2. The molecule has 1 saturated carbocycles. The van der Waals surface area contributed by atoms with E-state index in [9.17, 15) is 14.3 Å². The van der Waals surface area contributed by atoms with E-state index in [1.165, 1.54) is 12.1 Å². The molecule has 2 aromatic rings. The molecule has 30 heavy (non-hydrogen) atoms. The molecule has 0 bridgehead atoms. The van der Waals surface area contributed by atoms with Crippen molar-refractivity contribution in [2.24, 2.45) is 0 Å². The standard InChI is InChI=1S/C24H25ClFNO3/c1-14-4-5-15(16-6-7-18(25)19(26)13-16)12-17(14)20-21(28)24(27-22(20)29)10-8-23(2,30-3)9-11-24/h4-7,12-13,28H,8-11H2,1-3H3,(H,27,29)/t23-,24+. The molecule has 1 spiro atoms. The highest BCUT2D eigenvalue weighted by Crippen LogP contribution is 2.45. The van der Waals surface area contributed by atoms with E-state index in [1.807, 2.05) is 25.1 Å². The van der Waals surface area contributed by atoms with E-state index in [2.05, 4.69) is 12.2 Å². The van der Waals surface area contributed by atoms with Gasteiger partial charge in [-0.25, -0.2) is 4.39 Å². The predicted molar refractivity (Wildman–Crippen MR) is 116 cm³/mol. The van der Waals surface area contributed by atoms with Crippen molar-refractivity contribution >= 4 is 23.1 Å². The van der Waals surface area contributed by atoms with Crippen molar-refractivity contribution in [3.05, 3.63) is 64.1 Å². The topological polar surface area (TPSA) is 58.6 Å². The molecule has 2 aliphatic rings. The molecular formula is C24H25ClFNO3. The highest BCUT2D eigenvalue weighted by atomic mass is 35.5. The lowest BCUT2D eigenvalue weighted by molar-refractivity contribution is -0.117. The molecule has 4 nitrogen and oxygen atoms in total. The Balaban J connectivity index is 1.75. The van der Waals surface area contributed by atoms with Crippen LogP contribution in [0.2, 0.25) is 5.02 Å². The number of nitrogens with one attached hydrogen (secondary N) is 1. The highest BCUT2D eigenvalue weighted by molar-refractivity contribution is 6.30. The van der Waals surface area contributed by atoms with Crippen LogP contribution in [0.3, 0.4) is 0 Å².